The number of aromatic nitrogens is 2. The SMILES string of the molecule is Clc1cc(Cl)c(-c2nc(-c3ccccc3)c(-c3ccccc3)n2C2(c3c(Cl)cc(Cl)cc3Cl)N=C(c3ccccc3)C(c3ccccc3)=N2)c(Cl)c1. The van der Waals surface area contributed by atoms with Crippen molar-refractivity contribution in [2.24, 2.45) is 9.98 Å². The molecule has 0 saturated carbocycles. The van der Waals surface area contributed by atoms with Crippen LogP contribution in [-0.2, 0) is 5.79 Å². The quantitative estimate of drug-likeness (QED) is 0.158. The fourth-order valence-corrected chi connectivity index (χ4v) is 8.59. The van der Waals surface area contributed by atoms with Crippen molar-refractivity contribution in [3.8, 4) is 33.9 Å². The lowest BCUT2D eigenvalue weighted by molar-refractivity contribution is 0.409. The van der Waals surface area contributed by atoms with E-state index in [0.717, 1.165) is 22.3 Å². The van der Waals surface area contributed by atoms with Crippen LogP contribution >= 0.6 is 69.6 Å². The summed E-state index contributed by atoms with van der Waals surface area (Å²) in [7, 11) is 0. The zero-order valence-electron chi connectivity index (χ0n) is 26.9. The van der Waals surface area contributed by atoms with E-state index < -0.39 is 5.79 Å². The van der Waals surface area contributed by atoms with Crippen LogP contribution in [0.4, 0.5) is 0 Å². The summed E-state index contributed by atoms with van der Waals surface area (Å²) < 4.78 is 1.94. The molecule has 2 heterocycles. The largest absolute Gasteiger partial charge is 0.274 e. The van der Waals surface area contributed by atoms with Gasteiger partial charge in [0.2, 0.25) is 0 Å². The highest BCUT2D eigenvalue weighted by atomic mass is 35.5. The van der Waals surface area contributed by atoms with Gasteiger partial charge in [-0.15, -0.1) is 0 Å². The first-order valence-electron chi connectivity index (χ1n) is 16.1. The zero-order valence-corrected chi connectivity index (χ0v) is 31.4. The van der Waals surface area contributed by atoms with E-state index in [0.29, 0.717) is 49.8 Å². The first-order chi connectivity index (χ1) is 25.2. The molecule has 1 aromatic heterocycles. The van der Waals surface area contributed by atoms with Crippen molar-refractivity contribution in [2.75, 3.05) is 0 Å². The molecule has 0 unspecified atom stereocenters. The highest BCUT2D eigenvalue weighted by molar-refractivity contribution is 6.54. The van der Waals surface area contributed by atoms with Crippen LogP contribution in [0.25, 0.3) is 33.9 Å². The topological polar surface area (TPSA) is 42.5 Å². The average molecular weight is 797 g/mol. The number of imidazole rings is 1. The van der Waals surface area contributed by atoms with Crippen LogP contribution in [0.1, 0.15) is 16.7 Å². The van der Waals surface area contributed by atoms with Crippen molar-refractivity contribution in [1.29, 1.82) is 0 Å². The van der Waals surface area contributed by atoms with Crippen molar-refractivity contribution in [3.05, 3.63) is 192 Å². The first-order valence-corrected chi connectivity index (χ1v) is 18.4. The molecule has 254 valence electrons. The number of hydrogen-bond acceptors (Lipinski definition) is 3. The third-order valence-electron chi connectivity index (χ3n) is 8.71. The van der Waals surface area contributed by atoms with Gasteiger partial charge in [-0.2, -0.15) is 0 Å². The maximum Gasteiger partial charge on any atom is 0.264 e. The molecule has 0 saturated heterocycles. The molecule has 0 N–H and O–H groups in total. The Bertz CT molecular complexity index is 2410. The third kappa shape index (κ3) is 6.14. The van der Waals surface area contributed by atoms with Crippen molar-refractivity contribution in [3.63, 3.8) is 0 Å². The van der Waals surface area contributed by atoms with E-state index in [1.54, 1.807) is 24.3 Å². The number of nitrogens with zero attached hydrogens (tertiary/aromatic N) is 4. The maximum atomic E-state index is 7.23. The highest BCUT2D eigenvalue weighted by Crippen LogP contribution is 2.51. The molecule has 0 aliphatic carbocycles. The zero-order chi connectivity index (χ0) is 36.0. The van der Waals surface area contributed by atoms with Gasteiger partial charge in [0, 0.05) is 32.3 Å². The lowest BCUT2D eigenvalue weighted by atomic mass is 10.0. The summed E-state index contributed by atoms with van der Waals surface area (Å²) in [6, 6.07) is 46.0. The van der Waals surface area contributed by atoms with Crippen LogP contribution in [0.15, 0.2) is 156 Å². The van der Waals surface area contributed by atoms with Gasteiger partial charge in [0.15, 0.2) is 0 Å². The van der Waals surface area contributed by atoms with E-state index in [1.165, 1.54) is 0 Å². The predicted octanol–water partition coefficient (Wildman–Crippen LogP) is 13.5. The van der Waals surface area contributed by atoms with Crippen LogP contribution in [-0.4, -0.2) is 21.0 Å². The van der Waals surface area contributed by atoms with Crippen LogP contribution in [0.5, 0.6) is 0 Å². The number of benzene rings is 6. The second kappa shape index (κ2) is 14.2. The predicted molar refractivity (Wildman–Crippen MR) is 218 cm³/mol. The van der Waals surface area contributed by atoms with E-state index in [1.807, 2.05) is 126 Å². The van der Waals surface area contributed by atoms with E-state index in [2.05, 4.69) is 0 Å². The molecule has 4 nitrogen and oxygen atoms in total. The minimum Gasteiger partial charge on any atom is -0.274 e. The molecule has 0 spiro atoms. The summed E-state index contributed by atoms with van der Waals surface area (Å²) in [5, 5.41) is 1.79. The van der Waals surface area contributed by atoms with E-state index in [-0.39, 0.29) is 20.1 Å². The fourth-order valence-electron chi connectivity index (χ4n) is 6.53. The molecule has 1 aliphatic heterocycles. The van der Waals surface area contributed by atoms with Gasteiger partial charge in [-0.05, 0) is 24.3 Å². The molecule has 0 amide bonds. The molecular formula is C42H24Cl6N4. The molecule has 0 bridgehead atoms. The lowest BCUT2D eigenvalue weighted by Crippen LogP contribution is -2.32. The molecule has 0 fully saturated rings. The highest BCUT2D eigenvalue weighted by Gasteiger charge is 2.48. The second-order valence-corrected chi connectivity index (χ2v) is 14.5. The van der Waals surface area contributed by atoms with Gasteiger partial charge in [-0.1, -0.05) is 191 Å². The Balaban J connectivity index is 1.63. The van der Waals surface area contributed by atoms with Crippen molar-refractivity contribution < 1.29 is 0 Å². The van der Waals surface area contributed by atoms with Crippen LogP contribution < -0.4 is 0 Å². The Morgan fingerprint density at radius 3 is 1.27 bits per heavy atom. The summed E-state index contributed by atoms with van der Waals surface area (Å²) in [5.74, 6) is -1.36. The molecule has 6 aromatic carbocycles. The number of hydrogen-bond donors (Lipinski definition) is 0. The third-order valence-corrected chi connectivity index (χ3v) is 10.3. The van der Waals surface area contributed by atoms with Crippen molar-refractivity contribution in [2.45, 2.75) is 5.79 Å². The van der Waals surface area contributed by atoms with Gasteiger partial charge in [-0.25, -0.2) is 15.0 Å². The van der Waals surface area contributed by atoms with E-state index in [9.17, 15) is 0 Å². The first kappa shape index (κ1) is 34.7. The normalized spacial score (nSPS) is 13.6. The molecule has 10 heteroatoms. The molecule has 8 rings (SSSR count). The Morgan fingerprint density at radius 1 is 0.442 bits per heavy atom. The molecule has 0 radical (unpaired) electrons. The number of halogens is 6. The van der Waals surface area contributed by atoms with Gasteiger partial charge in [0.25, 0.3) is 5.79 Å². The molecule has 7 aromatic rings. The molecule has 52 heavy (non-hydrogen) atoms. The summed E-state index contributed by atoms with van der Waals surface area (Å²) >= 11 is 41.6. The van der Waals surface area contributed by atoms with Crippen LogP contribution in [0.3, 0.4) is 0 Å². The van der Waals surface area contributed by atoms with E-state index in [4.69, 9.17) is 84.6 Å². The van der Waals surface area contributed by atoms with Crippen molar-refractivity contribution >= 4 is 81.0 Å². The smallest absolute Gasteiger partial charge is 0.264 e. The maximum absolute atomic E-state index is 7.23. The van der Waals surface area contributed by atoms with Crippen LogP contribution in [0, 0.1) is 0 Å². The summed E-state index contributed by atoms with van der Waals surface area (Å²) in [5.41, 5.74) is 6.66. The van der Waals surface area contributed by atoms with Gasteiger partial charge in [-0.3, -0.25) is 4.57 Å². The van der Waals surface area contributed by atoms with E-state index >= 15 is 0 Å². The minimum atomic E-state index is -1.72. The molecule has 0 atom stereocenters. The lowest BCUT2D eigenvalue weighted by Gasteiger charge is -2.31. The van der Waals surface area contributed by atoms with Gasteiger partial charge in [0.05, 0.1) is 54.0 Å². The summed E-state index contributed by atoms with van der Waals surface area (Å²) in [4.78, 5) is 16.6. The summed E-state index contributed by atoms with van der Waals surface area (Å²) in [6.07, 6.45) is 0. The van der Waals surface area contributed by atoms with Crippen LogP contribution in [0.2, 0.25) is 30.1 Å². The second-order valence-electron chi connectivity index (χ2n) is 12.0. The van der Waals surface area contributed by atoms with Gasteiger partial charge in [0.1, 0.15) is 5.82 Å². The van der Waals surface area contributed by atoms with Crippen molar-refractivity contribution in [1.82, 2.24) is 9.55 Å². The summed E-state index contributed by atoms with van der Waals surface area (Å²) in [6.45, 7) is 0. The molecular weight excluding hydrogens is 773 g/mol. The van der Waals surface area contributed by atoms with Gasteiger partial charge < -0.3 is 0 Å². The average Bonchev–Trinajstić information content (AvgIpc) is 3.73. The Labute approximate surface area is 330 Å². The Hall–Kier alpha value is -4.39. The number of aliphatic imine (C=N–C) groups is 2. The Morgan fingerprint density at radius 2 is 0.827 bits per heavy atom. The monoisotopic (exact) mass is 794 g/mol. The van der Waals surface area contributed by atoms with Gasteiger partial charge >= 0.3 is 0 Å². The molecule has 1 aliphatic rings. The fraction of sp³-hybridized carbons (Fsp3) is 0.0238. The Kier molecular flexibility index (Phi) is 9.48. The number of rotatable bonds is 7. The minimum absolute atomic E-state index is 0.250. The standard InChI is InChI=1S/C42H24Cl6N4/c43-29-21-31(45)35(32(46)22-29)41-49-39(27-17-9-3-10-18-27)40(28-19-11-4-12-20-28)52(41)42(36-33(47)23-30(44)24-34(36)48)50-37(25-13-5-1-6-14-25)38(51-42)26-15-7-2-8-16-26/h1-24H.